The van der Waals surface area contributed by atoms with Gasteiger partial charge in [-0.05, 0) is 36.6 Å². The van der Waals surface area contributed by atoms with Crippen LogP contribution in [-0.4, -0.2) is 70.3 Å². The average molecular weight is 432 g/mol. The number of piperidine rings is 1. The first-order valence-electron chi connectivity index (χ1n) is 11.3. The number of nitrogens with zero attached hydrogens (tertiary/aromatic N) is 6. The van der Waals surface area contributed by atoms with Gasteiger partial charge in [-0.25, -0.2) is 9.97 Å². The molecule has 0 aliphatic carbocycles. The van der Waals surface area contributed by atoms with E-state index in [4.69, 9.17) is 20.4 Å². The molecule has 8 nitrogen and oxygen atoms in total. The molecule has 0 spiro atoms. The van der Waals surface area contributed by atoms with Crippen molar-refractivity contribution in [3.8, 4) is 22.6 Å². The van der Waals surface area contributed by atoms with Crippen molar-refractivity contribution in [3.05, 3.63) is 54.6 Å². The van der Waals surface area contributed by atoms with Crippen molar-refractivity contribution in [2.24, 2.45) is 5.73 Å². The highest BCUT2D eigenvalue weighted by Crippen LogP contribution is 2.28. The summed E-state index contributed by atoms with van der Waals surface area (Å²) in [4.78, 5) is 23.3. The zero-order chi connectivity index (χ0) is 21.8. The first-order chi connectivity index (χ1) is 15.8. The monoisotopic (exact) mass is 431 g/mol. The summed E-state index contributed by atoms with van der Waals surface area (Å²) in [7, 11) is 0. The highest BCUT2D eigenvalue weighted by Gasteiger charge is 2.27. The second-order valence-corrected chi connectivity index (χ2v) is 8.32. The topological polar surface area (TPSA) is 93.3 Å². The zero-order valence-corrected chi connectivity index (χ0v) is 18.2. The largest absolute Gasteiger partial charge is 0.379 e. The number of aromatic nitrogens is 4. The lowest BCUT2D eigenvalue weighted by atomic mass is 10.0. The van der Waals surface area contributed by atoms with Crippen molar-refractivity contribution in [2.45, 2.75) is 25.4 Å². The van der Waals surface area contributed by atoms with E-state index in [9.17, 15) is 0 Å². The van der Waals surface area contributed by atoms with Gasteiger partial charge in [0.1, 0.15) is 5.82 Å². The van der Waals surface area contributed by atoms with Crippen LogP contribution in [0.1, 0.15) is 18.4 Å². The Kier molecular flexibility index (Phi) is 6.34. The highest BCUT2D eigenvalue weighted by molar-refractivity contribution is 5.67. The lowest BCUT2D eigenvalue weighted by molar-refractivity contribution is 0.0115. The molecule has 0 atom stereocenters. The summed E-state index contributed by atoms with van der Waals surface area (Å²) >= 11 is 0. The Balaban J connectivity index is 1.44. The van der Waals surface area contributed by atoms with Crippen molar-refractivity contribution in [1.29, 1.82) is 0 Å². The van der Waals surface area contributed by atoms with E-state index in [0.29, 0.717) is 18.4 Å². The fraction of sp³-hybridized carbons (Fsp3) is 0.417. The minimum Gasteiger partial charge on any atom is -0.379 e. The van der Waals surface area contributed by atoms with Crippen molar-refractivity contribution in [2.75, 3.05) is 44.3 Å². The Hall–Kier alpha value is -2.94. The SMILES string of the molecule is NCc1cncc(-c2cc(N3CCC(N4CCOCC4)CC3)nc(-c3ccncc3)n2)c1. The highest BCUT2D eigenvalue weighted by atomic mass is 16.5. The lowest BCUT2D eigenvalue weighted by Crippen LogP contribution is -2.49. The van der Waals surface area contributed by atoms with Crippen molar-refractivity contribution < 1.29 is 4.74 Å². The van der Waals surface area contributed by atoms with E-state index in [0.717, 1.165) is 80.4 Å². The van der Waals surface area contributed by atoms with Crippen LogP contribution in [-0.2, 0) is 11.3 Å². The summed E-state index contributed by atoms with van der Waals surface area (Å²) in [6.45, 7) is 6.19. The molecule has 3 aromatic heterocycles. The Morgan fingerprint density at radius 1 is 0.906 bits per heavy atom. The molecule has 2 fully saturated rings. The summed E-state index contributed by atoms with van der Waals surface area (Å²) in [5.41, 5.74) is 9.59. The smallest absolute Gasteiger partial charge is 0.162 e. The number of nitrogens with two attached hydrogens (primary N) is 1. The van der Waals surface area contributed by atoms with Gasteiger partial charge < -0.3 is 15.4 Å². The van der Waals surface area contributed by atoms with Crippen LogP contribution in [0.15, 0.2) is 49.1 Å². The fourth-order valence-corrected chi connectivity index (χ4v) is 4.52. The quantitative estimate of drug-likeness (QED) is 0.658. The van der Waals surface area contributed by atoms with E-state index in [1.54, 1.807) is 18.6 Å². The summed E-state index contributed by atoms with van der Waals surface area (Å²) in [6.07, 6.45) is 9.45. The second kappa shape index (κ2) is 9.68. The minimum atomic E-state index is 0.449. The zero-order valence-electron chi connectivity index (χ0n) is 18.2. The van der Waals surface area contributed by atoms with Crippen LogP contribution >= 0.6 is 0 Å². The molecule has 32 heavy (non-hydrogen) atoms. The first-order valence-corrected chi connectivity index (χ1v) is 11.3. The third-order valence-electron chi connectivity index (χ3n) is 6.33. The number of rotatable bonds is 5. The van der Waals surface area contributed by atoms with E-state index in [2.05, 4.69) is 31.9 Å². The molecule has 0 aromatic carbocycles. The van der Waals surface area contributed by atoms with Crippen LogP contribution in [0.2, 0.25) is 0 Å². The lowest BCUT2D eigenvalue weighted by Gasteiger charge is -2.40. The Morgan fingerprint density at radius 3 is 2.44 bits per heavy atom. The van der Waals surface area contributed by atoms with E-state index >= 15 is 0 Å². The van der Waals surface area contributed by atoms with Gasteiger partial charge in [-0.3, -0.25) is 14.9 Å². The average Bonchev–Trinajstić information content (AvgIpc) is 2.89. The fourth-order valence-electron chi connectivity index (χ4n) is 4.52. The van der Waals surface area contributed by atoms with Gasteiger partial charge in [0.15, 0.2) is 5.82 Å². The summed E-state index contributed by atoms with van der Waals surface area (Å²) in [6, 6.07) is 8.66. The number of anilines is 1. The van der Waals surface area contributed by atoms with Gasteiger partial charge in [0, 0.05) is 80.7 Å². The molecule has 0 bridgehead atoms. The van der Waals surface area contributed by atoms with Gasteiger partial charge in [-0.1, -0.05) is 0 Å². The number of hydrogen-bond donors (Lipinski definition) is 1. The molecule has 0 saturated carbocycles. The maximum absolute atomic E-state index is 5.84. The van der Waals surface area contributed by atoms with E-state index in [1.165, 1.54) is 0 Å². The number of morpholine rings is 1. The molecule has 0 amide bonds. The first kappa shape index (κ1) is 20.9. The van der Waals surface area contributed by atoms with E-state index in [1.807, 2.05) is 18.3 Å². The minimum absolute atomic E-state index is 0.449. The van der Waals surface area contributed by atoms with Gasteiger partial charge in [0.05, 0.1) is 18.9 Å². The van der Waals surface area contributed by atoms with Crippen LogP contribution in [0, 0.1) is 0 Å². The molecule has 2 saturated heterocycles. The van der Waals surface area contributed by atoms with E-state index in [-0.39, 0.29) is 0 Å². The maximum atomic E-state index is 5.84. The Morgan fingerprint density at radius 2 is 1.69 bits per heavy atom. The van der Waals surface area contributed by atoms with Crippen LogP contribution in [0.3, 0.4) is 0 Å². The van der Waals surface area contributed by atoms with Crippen LogP contribution < -0.4 is 10.6 Å². The molecule has 3 aromatic rings. The third-order valence-corrected chi connectivity index (χ3v) is 6.33. The van der Waals surface area contributed by atoms with Gasteiger partial charge in [0.25, 0.3) is 0 Å². The van der Waals surface area contributed by atoms with Gasteiger partial charge in [-0.15, -0.1) is 0 Å². The molecular weight excluding hydrogens is 402 g/mol. The summed E-state index contributed by atoms with van der Waals surface area (Å²) in [5.74, 6) is 1.66. The predicted molar refractivity (Wildman–Crippen MR) is 124 cm³/mol. The Bertz CT molecular complexity index is 1030. The predicted octanol–water partition coefficient (Wildman–Crippen LogP) is 2.36. The summed E-state index contributed by atoms with van der Waals surface area (Å²) < 4.78 is 5.52. The standard InChI is InChI=1S/C24H29N7O/c25-15-18-13-20(17-27-16-18)22-14-23(29-24(28-22)19-1-5-26-6-2-19)31-7-3-21(4-8-31)30-9-11-32-12-10-30/h1-2,5-6,13-14,16-17,21H,3-4,7-12,15,25H2. The maximum Gasteiger partial charge on any atom is 0.162 e. The molecule has 0 radical (unpaired) electrons. The molecule has 0 unspecified atom stereocenters. The normalized spacial score (nSPS) is 18.1. The van der Waals surface area contributed by atoms with Crippen LogP contribution in [0.4, 0.5) is 5.82 Å². The molecule has 8 heteroatoms. The number of pyridine rings is 2. The molecule has 5 rings (SSSR count). The molecule has 5 heterocycles. The third kappa shape index (κ3) is 4.62. The molecule has 166 valence electrons. The van der Waals surface area contributed by atoms with Crippen LogP contribution in [0.5, 0.6) is 0 Å². The molecule has 2 aliphatic heterocycles. The Labute approximate surface area is 188 Å². The van der Waals surface area contributed by atoms with E-state index < -0.39 is 0 Å². The second-order valence-electron chi connectivity index (χ2n) is 8.32. The number of ether oxygens (including phenoxy) is 1. The van der Waals surface area contributed by atoms with Gasteiger partial charge in [0.2, 0.25) is 0 Å². The van der Waals surface area contributed by atoms with Gasteiger partial charge in [-0.2, -0.15) is 0 Å². The summed E-state index contributed by atoms with van der Waals surface area (Å²) in [5, 5.41) is 0. The molecule has 2 aliphatic rings. The number of hydrogen-bond acceptors (Lipinski definition) is 8. The van der Waals surface area contributed by atoms with Gasteiger partial charge >= 0.3 is 0 Å². The molecule has 2 N–H and O–H groups in total. The van der Waals surface area contributed by atoms with Crippen molar-refractivity contribution >= 4 is 5.82 Å². The van der Waals surface area contributed by atoms with Crippen molar-refractivity contribution in [3.63, 3.8) is 0 Å². The molecular formula is C24H29N7O. The van der Waals surface area contributed by atoms with Crippen molar-refractivity contribution in [1.82, 2.24) is 24.8 Å². The van der Waals surface area contributed by atoms with Crippen LogP contribution in [0.25, 0.3) is 22.6 Å².